The summed E-state index contributed by atoms with van der Waals surface area (Å²) in [7, 11) is 0. The zero-order valence-corrected chi connectivity index (χ0v) is 11.8. The van der Waals surface area contributed by atoms with Gasteiger partial charge in [-0.25, -0.2) is 0 Å². The maximum Gasteiger partial charge on any atom is 0.211 e. The molecule has 1 aromatic carbocycles. The van der Waals surface area contributed by atoms with Gasteiger partial charge >= 0.3 is 0 Å². The normalized spacial score (nSPS) is 10.9. The fourth-order valence-corrected chi connectivity index (χ4v) is 2.08. The first-order valence-electron chi connectivity index (χ1n) is 6.80. The minimum absolute atomic E-state index is 0.0428. The molecule has 0 aliphatic rings. The number of nitrogens with zero attached hydrogens (tertiary/aromatic N) is 2. The summed E-state index contributed by atoms with van der Waals surface area (Å²) in [5.74, 6) is 0.524. The summed E-state index contributed by atoms with van der Waals surface area (Å²) >= 11 is 0. The van der Waals surface area contributed by atoms with Crippen molar-refractivity contribution >= 4 is 5.78 Å². The third-order valence-corrected chi connectivity index (χ3v) is 3.22. The number of hydrogen-bond acceptors (Lipinski definition) is 2. The van der Waals surface area contributed by atoms with Crippen molar-refractivity contribution in [2.75, 3.05) is 0 Å². The Labute approximate surface area is 114 Å². The molecule has 0 fully saturated rings. The predicted molar refractivity (Wildman–Crippen MR) is 76.5 cm³/mol. The minimum Gasteiger partial charge on any atom is -0.287 e. The molecule has 2 aromatic rings. The Balaban J connectivity index is 2.26. The van der Waals surface area contributed by atoms with Gasteiger partial charge in [0.2, 0.25) is 5.78 Å². The maximum absolute atomic E-state index is 12.4. The second-order valence-corrected chi connectivity index (χ2v) is 5.05. The summed E-state index contributed by atoms with van der Waals surface area (Å²) in [6, 6.07) is 9.65. The molecule has 1 heterocycles. The second kappa shape index (κ2) is 5.83. The van der Waals surface area contributed by atoms with Crippen molar-refractivity contribution in [2.45, 2.75) is 39.7 Å². The van der Waals surface area contributed by atoms with Gasteiger partial charge in [-0.3, -0.25) is 9.48 Å². The maximum atomic E-state index is 12.4. The highest BCUT2D eigenvalue weighted by Gasteiger charge is 2.14. The highest BCUT2D eigenvalue weighted by atomic mass is 16.1. The standard InChI is InChI=1S/C16H20N2O/c1-4-11-18-15(9-10-17-18)16(19)14-7-5-13(6-8-14)12(2)3/h5-10,12H,4,11H2,1-3H3. The Kier molecular flexibility index (Phi) is 4.15. The number of carbonyl (C=O) groups is 1. The van der Waals surface area contributed by atoms with Crippen LogP contribution in [0.2, 0.25) is 0 Å². The average molecular weight is 256 g/mol. The molecule has 0 N–H and O–H groups in total. The lowest BCUT2D eigenvalue weighted by molar-refractivity contribution is 0.102. The lowest BCUT2D eigenvalue weighted by Crippen LogP contribution is -2.11. The zero-order valence-electron chi connectivity index (χ0n) is 11.8. The van der Waals surface area contributed by atoms with E-state index in [1.165, 1.54) is 5.56 Å². The Hall–Kier alpha value is -1.90. The number of aryl methyl sites for hydroxylation is 1. The highest BCUT2D eigenvalue weighted by molar-refractivity contribution is 6.07. The number of benzene rings is 1. The molecular weight excluding hydrogens is 236 g/mol. The number of hydrogen-bond donors (Lipinski definition) is 0. The number of rotatable bonds is 5. The van der Waals surface area contributed by atoms with Crippen molar-refractivity contribution < 1.29 is 4.79 Å². The van der Waals surface area contributed by atoms with E-state index in [-0.39, 0.29) is 5.78 Å². The van der Waals surface area contributed by atoms with Crippen molar-refractivity contribution in [2.24, 2.45) is 0 Å². The van der Waals surface area contributed by atoms with Crippen LogP contribution in [0, 0.1) is 0 Å². The number of ketones is 1. The van der Waals surface area contributed by atoms with E-state index >= 15 is 0 Å². The van der Waals surface area contributed by atoms with E-state index in [0.29, 0.717) is 11.6 Å². The third kappa shape index (κ3) is 2.92. The van der Waals surface area contributed by atoms with Crippen molar-refractivity contribution in [3.05, 3.63) is 53.3 Å². The van der Waals surface area contributed by atoms with Crippen molar-refractivity contribution in [1.29, 1.82) is 0 Å². The molecule has 0 aliphatic carbocycles. The van der Waals surface area contributed by atoms with Gasteiger partial charge in [-0.2, -0.15) is 5.10 Å². The summed E-state index contributed by atoms with van der Waals surface area (Å²) in [6.07, 6.45) is 2.65. The molecule has 3 nitrogen and oxygen atoms in total. The van der Waals surface area contributed by atoms with Crippen molar-refractivity contribution in [3.63, 3.8) is 0 Å². The Morgan fingerprint density at radius 2 is 1.89 bits per heavy atom. The summed E-state index contributed by atoms with van der Waals surface area (Å²) in [6.45, 7) is 7.14. The van der Waals surface area contributed by atoms with Gasteiger partial charge in [0.1, 0.15) is 5.69 Å². The molecule has 3 heteroatoms. The van der Waals surface area contributed by atoms with E-state index in [1.54, 1.807) is 16.9 Å². The fraction of sp³-hybridized carbons (Fsp3) is 0.375. The van der Waals surface area contributed by atoms with Crippen LogP contribution in [0.5, 0.6) is 0 Å². The lowest BCUT2D eigenvalue weighted by Gasteiger charge is -2.08. The molecule has 0 atom stereocenters. The molecule has 0 saturated carbocycles. The predicted octanol–water partition coefficient (Wildman–Crippen LogP) is 3.65. The average Bonchev–Trinajstić information content (AvgIpc) is 2.87. The van der Waals surface area contributed by atoms with Gasteiger partial charge in [-0.1, -0.05) is 45.0 Å². The number of aromatic nitrogens is 2. The van der Waals surface area contributed by atoms with E-state index in [2.05, 4.69) is 25.9 Å². The molecule has 2 rings (SSSR count). The van der Waals surface area contributed by atoms with Crippen LogP contribution in [0.1, 0.15) is 54.7 Å². The summed E-state index contributed by atoms with van der Waals surface area (Å²) in [4.78, 5) is 12.4. The monoisotopic (exact) mass is 256 g/mol. The SMILES string of the molecule is CCCn1nccc1C(=O)c1ccc(C(C)C)cc1. The van der Waals surface area contributed by atoms with Gasteiger partial charge in [0, 0.05) is 18.3 Å². The molecule has 100 valence electrons. The lowest BCUT2D eigenvalue weighted by atomic mass is 10.00. The summed E-state index contributed by atoms with van der Waals surface area (Å²) in [5, 5.41) is 4.19. The van der Waals surface area contributed by atoms with E-state index in [9.17, 15) is 4.79 Å². The molecule has 0 saturated heterocycles. The molecule has 0 unspecified atom stereocenters. The van der Waals surface area contributed by atoms with Gasteiger partial charge in [0.05, 0.1) is 0 Å². The molecule has 0 bridgehead atoms. The molecule has 0 spiro atoms. The van der Waals surface area contributed by atoms with E-state index in [0.717, 1.165) is 18.5 Å². The fourth-order valence-electron chi connectivity index (χ4n) is 2.08. The smallest absolute Gasteiger partial charge is 0.211 e. The molecule has 0 radical (unpaired) electrons. The van der Waals surface area contributed by atoms with Gasteiger partial charge in [-0.05, 0) is 24.0 Å². The number of carbonyl (C=O) groups excluding carboxylic acids is 1. The first-order chi connectivity index (χ1) is 9.13. The Morgan fingerprint density at radius 1 is 1.21 bits per heavy atom. The van der Waals surface area contributed by atoms with Crippen LogP contribution in [-0.2, 0) is 6.54 Å². The molecule has 19 heavy (non-hydrogen) atoms. The molecule has 1 aromatic heterocycles. The van der Waals surface area contributed by atoms with Gasteiger partial charge in [-0.15, -0.1) is 0 Å². The first-order valence-corrected chi connectivity index (χ1v) is 6.80. The van der Waals surface area contributed by atoms with E-state index in [4.69, 9.17) is 0 Å². The first kappa shape index (κ1) is 13.5. The highest BCUT2D eigenvalue weighted by Crippen LogP contribution is 2.16. The second-order valence-electron chi connectivity index (χ2n) is 5.05. The quantitative estimate of drug-likeness (QED) is 0.765. The van der Waals surface area contributed by atoms with Crippen LogP contribution in [-0.4, -0.2) is 15.6 Å². The van der Waals surface area contributed by atoms with Crippen LogP contribution in [0.25, 0.3) is 0 Å². The van der Waals surface area contributed by atoms with Gasteiger partial charge in [0.25, 0.3) is 0 Å². The van der Waals surface area contributed by atoms with Gasteiger partial charge in [0.15, 0.2) is 0 Å². The van der Waals surface area contributed by atoms with Crippen molar-refractivity contribution in [1.82, 2.24) is 9.78 Å². The van der Waals surface area contributed by atoms with Crippen LogP contribution >= 0.6 is 0 Å². The van der Waals surface area contributed by atoms with Crippen LogP contribution in [0.3, 0.4) is 0 Å². The van der Waals surface area contributed by atoms with Crippen LogP contribution in [0.15, 0.2) is 36.5 Å². The molecule has 0 aliphatic heterocycles. The molecular formula is C16H20N2O. The zero-order chi connectivity index (χ0) is 13.8. The minimum atomic E-state index is 0.0428. The van der Waals surface area contributed by atoms with Crippen LogP contribution in [0.4, 0.5) is 0 Å². The van der Waals surface area contributed by atoms with Crippen molar-refractivity contribution in [3.8, 4) is 0 Å². The van der Waals surface area contributed by atoms with E-state index in [1.807, 2.05) is 24.3 Å². The Morgan fingerprint density at radius 3 is 2.47 bits per heavy atom. The van der Waals surface area contributed by atoms with E-state index < -0.39 is 0 Å². The Bertz CT molecular complexity index is 552. The van der Waals surface area contributed by atoms with Crippen LogP contribution < -0.4 is 0 Å². The largest absolute Gasteiger partial charge is 0.287 e. The molecule has 0 amide bonds. The summed E-state index contributed by atoms with van der Waals surface area (Å²) in [5.41, 5.74) is 2.64. The summed E-state index contributed by atoms with van der Waals surface area (Å²) < 4.78 is 1.78. The topological polar surface area (TPSA) is 34.9 Å². The van der Waals surface area contributed by atoms with Gasteiger partial charge < -0.3 is 0 Å². The third-order valence-electron chi connectivity index (χ3n) is 3.22.